The van der Waals surface area contributed by atoms with Crippen LogP contribution in [-0.2, 0) is 4.74 Å². The van der Waals surface area contributed by atoms with Crippen LogP contribution in [0.4, 0.5) is 0 Å². The number of ether oxygens (including phenoxy) is 1. The molecule has 2 aliphatic heterocycles. The summed E-state index contributed by atoms with van der Waals surface area (Å²) in [6.07, 6.45) is 4.57. The number of carbonyl (C=O) groups excluding carboxylic acids is 1. The Morgan fingerprint density at radius 3 is 2.91 bits per heavy atom. The minimum atomic E-state index is 0.0393. The molecule has 2 fully saturated rings. The number of amides is 1. The smallest absolute Gasteiger partial charge is 0.271 e. The number of H-pyrrole nitrogens is 2. The van der Waals surface area contributed by atoms with Crippen LogP contribution in [0.2, 0.25) is 0 Å². The molecule has 0 aromatic carbocycles. The fraction of sp³-hybridized carbons (Fsp3) is 0.312. The molecule has 2 aliphatic rings. The van der Waals surface area contributed by atoms with Crippen molar-refractivity contribution in [3.05, 3.63) is 36.3 Å². The van der Waals surface area contributed by atoms with Gasteiger partial charge in [0, 0.05) is 17.1 Å². The number of hydrogen-bond acceptors (Lipinski definition) is 4. The van der Waals surface area contributed by atoms with E-state index in [-0.39, 0.29) is 18.0 Å². The van der Waals surface area contributed by atoms with Crippen molar-refractivity contribution in [1.82, 2.24) is 25.1 Å². The van der Waals surface area contributed by atoms with Crippen LogP contribution in [0.25, 0.3) is 22.3 Å². The lowest BCUT2D eigenvalue weighted by molar-refractivity contribution is -0.104. The van der Waals surface area contributed by atoms with Gasteiger partial charge in [0.25, 0.3) is 5.91 Å². The maximum Gasteiger partial charge on any atom is 0.271 e. The van der Waals surface area contributed by atoms with Crippen molar-refractivity contribution in [3.63, 3.8) is 0 Å². The number of rotatable bonds is 2. The van der Waals surface area contributed by atoms with Crippen LogP contribution < -0.4 is 0 Å². The van der Waals surface area contributed by atoms with Crippen molar-refractivity contribution in [1.29, 1.82) is 0 Å². The summed E-state index contributed by atoms with van der Waals surface area (Å²) in [5, 5.41) is 7.65. The second-order valence-corrected chi connectivity index (χ2v) is 6.10. The number of fused-ring (bicyclic) bond motifs is 3. The van der Waals surface area contributed by atoms with E-state index >= 15 is 0 Å². The fourth-order valence-corrected chi connectivity index (χ4v) is 3.48. The van der Waals surface area contributed by atoms with Crippen LogP contribution in [-0.4, -0.2) is 56.3 Å². The summed E-state index contributed by atoms with van der Waals surface area (Å²) in [5.41, 5.74) is 3.05. The summed E-state index contributed by atoms with van der Waals surface area (Å²) in [6, 6.07) is 6.22. The Bertz CT molecular complexity index is 871. The van der Waals surface area contributed by atoms with Gasteiger partial charge in [0.15, 0.2) is 0 Å². The lowest BCUT2D eigenvalue weighted by atomic mass is 9.91. The number of morpholine rings is 1. The number of nitrogens with zero attached hydrogens (tertiary/aromatic N) is 3. The molecule has 5 rings (SSSR count). The van der Waals surface area contributed by atoms with Gasteiger partial charge in [-0.25, -0.2) is 4.98 Å². The van der Waals surface area contributed by atoms with Gasteiger partial charge in [-0.2, -0.15) is 5.10 Å². The normalized spacial score (nSPS) is 23.0. The standard InChI is InChI=1S/C16H15N5O2/c22-16(21-11-4-12(21)8-23-7-11)14-3-9-1-2-13(19-15(9)20-14)10-5-17-18-6-10/h1-3,5-6,11-12H,4,7-8H2,(H,17,18)(H,19,20). The third kappa shape index (κ3) is 1.90. The molecule has 1 amide bonds. The molecule has 0 aliphatic carbocycles. The van der Waals surface area contributed by atoms with Gasteiger partial charge in [0.1, 0.15) is 11.3 Å². The molecule has 3 aromatic heterocycles. The SMILES string of the molecule is O=C(c1cc2ccc(-c3cn[nH]c3)nc2[nH]1)N1C2COCC1C2. The van der Waals surface area contributed by atoms with E-state index in [0.717, 1.165) is 23.1 Å². The zero-order valence-corrected chi connectivity index (χ0v) is 12.3. The van der Waals surface area contributed by atoms with Crippen LogP contribution in [0.3, 0.4) is 0 Å². The predicted octanol–water partition coefficient (Wildman–Crippen LogP) is 1.57. The predicted molar refractivity (Wildman–Crippen MR) is 82.9 cm³/mol. The minimum Gasteiger partial charge on any atom is -0.377 e. The van der Waals surface area contributed by atoms with E-state index in [1.807, 2.05) is 23.1 Å². The van der Waals surface area contributed by atoms with E-state index in [4.69, 9.17) is 4.74 Å². The molecule has 0 spiro atoms. The monoisotopic (exact) mass is 309 g/mol. The van der Waals surface area contributed by atoms with Crippen molar-refractivity contribution < 1.29 is 9.53 Å². The van der Waals surface area contributed by atoms with E-state index in [2.05, 4.69) is 20.2 Å². The zero-order chi connectivity index (χ0) is 15.4. The molecule has 7 heteroatoms. The molecule has 116 valence electrons. The highest BCUT2D eigenvalue weighted by atomic mass is 16.5. The number of carbonyl (C=O) groups is 1. The van der Waals surface area contributed by atoms with Crippen molar-refractivity contribution in [3.8, 4) is 11.3 Å². The van der Waals surface area contributed by atoms with Gasteiger partial charge in [-0.1, -0.05) is 0 Å². The van der Waals surface area contributed by atoms with Crippen LogP contribution in [0.5, 0.6) is 0 Å². The average Bonchev–Trinajstić information content (AvgIpc) is 3.24. The van der Waals surface area contributed by atoms with Crippen molar-refractivity contribution in [2.45, 2.75) is 18.5 Å². The average molecular weight is 309 g/mol. The summed E-state index contributed by atoms with van der Waals surface area (Å²) in [6.45, 7) is 1.29. The summed E-state index contributed by atoms with van der Waals surface area (Å²) in [5.74, 6) is 0.0393. The molecule has 3 aromatic rings. The molecule has 2 unspecified atom stereocenters. The van der Waals surface area contributed by atoms with Crippen LogP contribution in [0.1, 0.15) is 16.9 Å². The summed E-state index contributed by atoms with van der Waals surface area (Å²) >= 11 is 0. The molecule has 2 atom stereocenters. The molecule has 0 saturated carbocycles. The lowest BCUT2D eigenvalue weighted by Gasteiger charge is -2.52. The Hall–Kier alpha value is -2.67. The summed E-state index contributed by atoms with van der Waals surface area (Å²) in [4.78, 5) is 22.4. The molecule has 2 N–H and O–H groups in total. The Morgan fingerprint density at radius 1 is 1.30 bits per heavy atom. The van der Waals surface area contributed by atoms with Crippen LogP contribution in [0, 0.1) is 0 Å². The van der Waals surface area contributed by atoms with Gasteiger partial charge in [-0.3, -0.25) is 9.89 Å². The summed E-state index contributed by atoms with van der Waals surface area (Å²) in [7, 11) is 0. The largest absolute Gasteiger partial charge is 0.377 e. The number of nitrogens with one attached hydrogen (secondary N) is 2. The van der Waals surface area contributed by atoms with Crippen LogP contribution >= 0.6 is 0 Å². The molecular formula is C16H15N5O2. The maximum absolute atomic E-state index is 12.7. The number of hydrogen-bond donors (Lipinski definition) is 2. The molecular weight excluding hydrogens is 294 g/mol. The van der Waals surface area contributed by atoms with Crippen molar-refractivity contribution in [2.75, 3.05) is 13.2 Å². The Morgan fingerprint density at radius 2 is 2.17 bits per heavy atom. The molecule has 0 radical (unpaired) electrons. The number of aromatic nitrogens is 4. The molecule has 2 bridgehead atoms. The maximum atomic E-state index is 12.7. The highest BCUT2D eigenvalue weighted by molar-refractivity contribution is 5.98. The third-order valence-corrected chi connectivity index (χ3v) is 4.69. The van der Waals surface area contributed by atoms with E-state index in [1.54, 1.807) is 12.4 Å². The molecule has 2 saturated heterocycles. The van der Waals surface area contributed by atoms with E-state index in [1.165, 1.54) is 0 Å². The Balaban J connectivity index is 1.49. The molecule has 5 heterocycles. The first kappa shape index (κ1) is 12.8. The molecule has 23 heavy (non-hydrogen) atoms. The van der Waals surface area contributed by atoms with Crippen molar-refractivity contribution in [2.24, 2.45) is 0 Å². The van der Waals surface area contributed by atoms with Gasteiger partial charge in [0.2, 0.25) is 0 Å². The minimum absolute atomic E-state index is 0.0393. The second-order valence-electron chi connectivity index (χ2n) is 6.10. The first-order valence-corrected chi connectivity index (χ1v) is 7.69. The van der Waals surface area contributed by atoms with E-state index < -0.39 is 0 Å². The van der Waals surface area contributed by atoms with Crippen molar-refractivity contribution >= 4 is 16.9 Å². The molecule has 7 nitrogen and oxygen atoms in total. The first-order chi connectivity index (χ1) is 11.3. The quantitative estimate of drug-likeness (QED) is 0.752. The van der Waals surface area contributed by atoms with Gasteiger partial charge in [-0.15, -0.1) is 0 Å². The van der Waals surface area contributed by atoms with Gasteiger partial charge >= 0.3 is 0 Å². The number of pyridine rings is 1. The lowest BCUT2D eigenvalue weighted by Crippen LogP contribution is -2.65. The first-order valence-electron chi connectivity index (χ1n) is 7.69. The number of aromatic amines is 2. The topological polar surface area (TPSA) is 86.9 Å². The third-order valence-electron chi connectivity index (χ3n) is 4.69. The summed E-state index contributed by atoms with van der Waals surface area (Å²) < 4.78 is 5.44. The van der Waals surface area contributed by atoms with E-state index in [0.29, 0.717) is 24.6 Å². The van der Waals surface area contributed by atoms with Gasteiger partial charge in [0.05, 0.1) is 37.2 Å². The Labute approximate surface area is 131 Å². The fourth-order valence-electron chi connectivity index (χ4n) is 3.48. The van der Waals surface area contributed by atoms with Gasteiger partial charge < -0.3 is 14.6 Å². The highest BCUT2D eigenvalue weighted by Gasteiger charge is 2.45. The van der Waals surface area contributed by atoms with E-state index in [9.17, 15) is 4.79 Å². The second kappa shape index (κ2) is 4.66. The highest BCUT2D eigenvalue weighted by Crippen LogP contribution is 2.32. The van der Waals surface area contributed by atoms with Gasteiger partial charge in [-0.05, 0) is 24.6 Å². The zero-order valence-electron chi connectivity index (χ0n) is 12.3. The Kier molecular flexibility index (Phi) is 2.60. The van der Waals surface area contributed by atoms with Crippen LogP contribution in [0.15, 0.2) is 30.6 Å².